The highest BCUT2D eigenvalue weighted by Gasteiger charge is 2.33. The van der Waals surface area contributed by atoms with Gasteiger partial charge in [-0.25, -0.2) is 0 Å². The summed E-state index contributed by atoms with van der Waals surface area (Å²) in [5.74, 6) is -0.867. The number of ether oxygens (including phenoxy) is 2. The van der Waals surface area contributed by atoms with Crippen LogP contribution in [-0.4, -0.2) is 5.75 Å². The molecule has 1 aliphatic heterocycles. The topological polar surface area (TPSA) is 18.5 Å². The second-order valence-electron chi connectivity index (χ2n) is 2.84. The maximum Gasteiger partial charge on any atom is 0.281 e. The summed E-state index contributed by atoms with van der Waals surface area (Å²) in [7, 11) is 0. The van der Waals surface area contributed by atoms with E-state index in [1.807, 2.05) is 0 Å². The van der Waals surface area contributed by atoms with Crippen molar-refractivity contribution >= 4 is 69.6 Å². The zero-order chi connectivity index (χ0) is 12.0. The van der Waals surface area contributed by atoms with Crippen molar-refractivity contribution in [3.63, 3.8) is 0 Å². The van der Waals surface area contributed by atoms with Gasteiger partial charge >= 0.3 is 0 Å². The first-order chi connectivity index (χ1) is 7.43. The first-order valence-electron chi connectivity index (χ1n) is 3.89. The average Bonchev–Trinajstić information content (AvgIpc) is 2.22. The molecule has 2 unspecified atom stereocenters. The summed E-state index contributed by atoms with van der Waals surface area (Å²) < 4.78 is 10.2. The van der Waals surface area contributed by atoms with Crippen LogP contribution in [0, 0.1) is 0 Å². The van der Waals surface area contributed by atoms with Crippen LogP contribution in [0.5, 0.6) is 5.75 Å². The Labute approximate surface area is 121 Å². The van der Waals surface area contributed by atoms with Crippen molar-refractivity contribution in [2.45, 2.75) is 11.3 Å². The van der Waals surface area contributed by atoms with E-state index in [4.69, 9.17) is 79.1 Å². The van der Waals surface area contributed by atoms with Crippen molar-refractivity contribution in [2.75, 3.05) is 0 Å². The number of halogens is 6. The van der Waals surface area contributed by atoms with Gasteiger partial charge in [0.1, 0.15) is 5.02 Å². The van der Waals surface area contributed by atoms with E-state index in [1.165, 1.54) is 0 Å². The maximum atomic E-state index is 5.97. The molecule has 1 aliphatic rings. The van der Waals surface area contributed by atoms with Gasteiger partial charge in [0, 0.05) is 0 Å². The maximum absolute atomic E-state index is 5.97. The number of hydrogen-bond donors (Lipinski definition) is 0. The van der Waals surface area contributed by atoms with Gasteiger partial charge in [-0.05, 0) is 11.6 Å². The molecule has 2 rings (SSSR count). The Morgan fingerprint density at radius 2 is 1.38 bits per heavy atom. The van der Waals surface area contributed by atoms with Crippen molar-refractivity contribution in [3.05, 3.63) is 25.7 Å². The molecule has 2 atom stereocenters. The van der Waals surface area contributed by atoms with Crippen LogP contribution in [-0.2, 0) is 4.74 Å². The monoisotopic (exact) mass is 340 g/mol. The summed E-state index contributed by atoms with van der Waals surface area (Å²) in [4.78, 5) is 0. The van der Waals surface area contributed by atoms with Gasteiger partial charge < -0.3 is 9.47 Å². The minimum absolute atomic E-state index is 0.0849. The molecule has 1 heterocycles. The van der Waals surface area contributed by atoms with Crippen LogP contribution in [0.2, 0.25) is 20.1 Å². The van der Waals surface area contributed by atoms with Gasteiger partial charge in [0.2, 0.25) is 0 Å². The zero-order valence-corrected chi connectivity index (χ0v) is 11.8. The normalized spacial score (nSPS) is 23.9. The van der Waals surface area contributed by atoms with Crippen LogP contribution in [0.3, 0.4) is 0 Å². The molecule has 0 fully saturated rings. The van der Waals surface area contributed by atoms with E-state index < -0.39 is 11.3 Å². The number of fused-ring (bicyclic) bond motifs is 1. The van der Waals surface area contributed by atoms with Gasteiger partial charge in [0.25, 0.3) is 5.75 Å². The van der Waals surface area contributed by atoms with Crippen LogP contribution in [0.15, 0.2) is 0 Å². The third-order valence-corrected chi connectivity index (χ3v) is 4.23. The summed E-state index contributed by atoms with van der Waals surface area (Å²) in [6.07, 6.45) is 0. The van der Waals surface area contributed by atoms with Crippen LogP contribution >= 0.6 is 69.6 Å². The first-order valence-corrected chi connectivity index (χ1v) is 6.28. The molecule has 0 radical (unpaired) electrons. The Morgan fingerprint density at radius 3 is 2.00 bits per heavy atom. The lowest BCUT2D eigenvalue weighted by Gasteiger charge is -2.28. The Kier molecular flexibility index (Phi) is 3.92. The van der Waals surface area contributed by atoms with E-state index in [2.05, 4.69) is 0 Å². The highest BCUT2D eigenvalue weighted by Crippen LogP contribution is 2.52. The molecular weight excluding hydrogens is 341 g/mol. The van der Waals surface area contributed by atoms with Crippen molar-refractivity contribution in [1.29, 1.82) is 0 Å². The molecule has 0 aliphatic carbocycles. The van der Waals surface area contributed by atoms with Crippen molar-refractivity contribution < 1.29 is 9.47 Å². The molecule has 1 aromatic carbocycles. The van der Waals surface area contributed by atoms with Gasteiger partial charge in [0.05, 0.1) is 20.6 Å². The largest absolute Gasteiger partial charge is 0.449 e. The van der Waals surface area contributed by atoms with Crippen LogP contribution < -0.4 is 4.74 Å². The summed E-state index contributed by atoms with van der Waals surface area (Å²) in [5.41, 5.74) is -0.578. The molecule has 1 aromatic rings. The molecule has 0 saturated carbocycles. The van der Waals surface area contributed by atoms with Gasteiger partial charge in [-0.1, -0.05) is 58.0 Å². The molecule has 0 amide bonds. The zero-order valence-electron chi connectivity index (χ0n) is 7.24. The summed E-state index contributed by atoms with van der Waals surface area (Å²) >= 11 is 35.2. The summed E-state index contributed by atoms with van der Waals surface area (Å²) in [5, 5.41) is 0.417. The van der Waals surface area contributed by atoms with Crippen LogP contribution in [0.1, 0.15) is 11.1 Å². The minimum Gasteiger partial charge on any atom is -0.449 e. The lowest BCUT2D eigenvalue weighted by atomic mass is 10.2. The average molecular weight is 343 g/mol. The quantitative estimate of drug-likeness (QED) is 0.353. The van der Waals surface area contributed by atoms with E-state index in [0.717, 1.165) is 0 Å². The second-order valence-corrected chi connectivity index (χ2v) is 5.11. The van der Waals surface area contributed by atoms with Crippen LogP contribution in [0.4, 0.5) is 0 Å². The molecule has 0 bridgehead atoms. The lowest BCUT2D eigenvalue weighted by Crippen LogP contribution is -2.22. The first kappa shape index (κ1) is 13.2. The second kappa shape index (κ2) is 4.77. The highest BCUT2D eigenvalue weighted by atomic mass is 35.5. The number of alkyl halides is 2. The van der Waals surface area contributed by atoms with E-state index >= 15 is 0 Å². The standard InChI is InChI=1S/C8H2Cl6O2/c9-2-1-6(5(12)4(11)3(2)10)15-8(14)16-7(1)13/h7-8H. The predicted octanol–water partition coefficient (Wildman–Crippen LogP) is 5.47. The summed E-state index contributed by atoms with van der Waals surface area (Å²) in [6.45, 7) is 0. The Bertz CT molecular complexity index is 449. The fraction of sp³-hybridized carbons (Fsp3) is 0.250. The van der Waals surface area contributed by atoms with Crippen molar-refractivity contribution in [3.8, 4) is 5.75 Å². The van der Waals surface area contributed by atoms with Gasteiger partial charge in [-0.15, -0.1) is 0 Å². The molecule has 0 aromatic heterocycles. The van der Waals surface area contributed by atoms with Gasteiger partial charge in [-0.3, -0.25) is 0 Å². The fourth-order valence-corrected chi connectivity index (χ4v) is 2.82. The van der Waals surface area contributed by atoms with E-state index in [1.54, 1.807) is 0 Å². The van der Waals surface area contributed by atoms with E-state index in [0.29, 0.717) is 5.56 Å². The smallest absolute Gasteiger partial charge is 0.281 e. The Morgan fingerprint density at radius 1 is 0.812 bits per heavy atom. The minimum atomic E-state index is -1.05. The predicted molar refractivity (Wildman–Crippen MR) is 66.4 cm³/mol. The third-order valence-electron chi connectivity index (χ3n) is 1.92. The third kappa shape index (κ3) is 2.05. The molecule has 8 heteroatoms. The molecule has 0 saturated heterocycles. The van der Waals surface area contributed by atoms with Crippen LogP contribution in [0.25, 0.3) is 0 Å². The van der Waals surface area contributed by atoms with E-state index in [9.17, 15) is 0 Å². The number of benzene rings is 1. The molecule has 88 valence electrons. The molecule has 0 N–H and O–H groups in total. The van der Waals surface area contributed by atoms with Gasteiger partial charge in [-0.2, -0.15) is 0 Å². The van der Waals surface area contributed by atoms with Gasteiger partial charge in [0.15, 0.2) is 11.3 Å². The molecule has 16 heavy (non-hydrogen) atoms. The lowest BCUT2D eigenvalue weighted by molar-refractivity contribution is -0.0581. The number of rotatable bonds is 0. The SMILES string of the molecule is Clc1c(Cl)c(Cl)c2c(c1Cl)OC(Cl)OC2Cl. The summed E-state index contributed by atoms with van der Waals surface area (Å²) in [6, 6.07) is 0. The van der Waals surface area contributed by atoms with Crippen molar-refractivity contribution in [2.24, 2.45) is 0 Å². The molecule has 2 nitrogen and oxygen atoms in total. The van der Waals surface area contributed by atoms with E-state index in [-0.39, 0.29) is 25.8 Å². The molecular formula is C8H2Cl6O2. The Hall–Kier alpha value is 0.720. The number of hydrogen-bond acceptors (Lipinski definition) is 2. The Balaban J connectivity index is 2.71. The fourth-order valence-electron chi connectivity index (χ4n) is 1.23. The van der Waals surface area contributed by atoms with Crippen molar-refractivity contribution in [1.82, 2.24) is 0 Å². The molecule has 0 spiro atoms. The highest BCUT2D eigenvalue weighted by molar-refractivity contribution is 6.53.